The number of aromatic nitrogens is 2. The molecule has 10 rings (SSSR count). The average Bonchev–Trinajstić information content (AvgIpc) is 1.59. The Balaban J connectivity index is 0.000000236. The number of amides is 5. The van der Waals surface area contributed by atoms with Crippen LogP contribution in [0, 0.1) is 11.8 Å². The second-order valence-corrected chi connectivity index (χ2v) is 29.7. The van der Waals surface area contributed by atoms with Gasteiger partial charge in [0.05, 0.1) is 70.6 Å². The molecule has 2 aliphatic carbocycles. The van der Waals surface area contributed by atoms with E-state index in [1.807, 2.05) is 97.1 Å². The van der Waals surface area contributed by atoms with Crippen LogP contribution in [0.4, 0.5) is 9.59 Å². The van der Waals surface area contributed by atoms with Crippen LogP contribution in [-0.4, -0.2) is 182 Å². The van der Waals surface area contributed by atoms with Crippen molar-refractivity contribution in [2.24, 2.45) is 11.8 Å². The topological polar surface area (TPSA) is 343 Å². The van der Waals surface area contributed by atoms with Crippen molar-refractivity contribution in [3.8, 4) is 45.5 Å². The number of carbonyl (C=O) groups is 10. The molecule has 27 nitrogen and oxygen atoms in total. The highest BCUT2D eigenvalue weighted by Crippen LogP contribution is 2.47. The van der Waals surface area contributed by atoms with Crippen molar-refractivity contribution >= 4 is 81.2 Å². The Kier molecular flexibility index (Phi) is 29.9. The highest BCUT2D eigenvalue weighted by atomic mass is 16.6. The molecule has 4 fully saturated rings. The fourth-order valence-electron chi connectivity index (χ4n) is 13.2. The second kappa shape index (κ2) is 38.9. The first-order valence-electron chi connectivity index (χ1n) is 37.2. The summed E-state index contributed by atoms with van der Waals surface area (Å²) in [6.45, 7) is 25.4. The molecule has 27 heteroatoms. The number of pyridine rings is 2. The number of allylic oxidation sites excluding steroid dienone is 2. The van der Waals surface area contributed by atoms with Gasteiger partial charge in [0.1, 0.15) is 87.2 Å². The third kappa shape index (κ3) is 23.1. The van der Waals surface area contributed by atoms with Crippen molar-refractivity contribution in [3.63, 3.8) is 0 Å². The number of nitrogens with zero attached hydrogens (tertiary/aromatic N) is 3. The van der Waals surface area contributed by atoms with E-state index >= 15 is 0 Å². The number of carbonyl (C=O) groups excluding carboxylic acids is 10. The first-order valence-corrected chi connectivity index (χ1v) is 37.2. The summed E-state index contributed by atoms with van der Waals surface area (Å²) in [6, 6.07) is 30.6. The Morgan fingerprint density at radius 2 is 1.00 bits per heavy atom. The molecular weight excluding hydrogens is 1440 g/mol. The van der Waals surface area contributed by atoms with Crippen molar-refractivity contribution in [2.45, 2.75) is 177 Å². The summed E-state index contributed by atoms with van der Waals surface area (Å²) in [4.78, 5) is 139. The van der Waals surface area contributed by atoms with Gasteiger partial charge in [0.15, 0.2) is 0 Å². The van der Waals surface area contributed by atoms with Gasteiger partial charge in [-0.1, -0.05) is 85.0 Å². The zero-order valence-electron chi connectivity index (χ0n) is 65.6. The van der Waals surface area contributed by atoms with Gasteiger partial charge in [0, 0.05) is 103 Å². The molecule has 2 aromatic heterocycles. The van der Waals surface area contributed by atoms with E-state index in [2.05, 4.69) is 57.6 Å². The van der Waals surface area contributed by atoms with Crippen molar-refractivity contribution in [2.75, 3.05) is 48.6 Å². The number of rotatable bonds is 32. The molecule has 0 spiro atoms. The van der Waals surface area contributed by atoms with E-state index in [1.165, 1.54) is 26.2 Å². The Labute approximate surface area is 653 Å². The van der Waals surface area contributed by atoms with Gasteiger partial charge in [-0.15, -0.1) is 26.3 Å². The summed E-state index contributed by atoms with van der Waals surface area (Å²) in [7, 11) is 6.99. The average molecular weight is 1540 g/mol. The van der Waals surface area contributed by atoms with E-state index in [0.29, 0.717) is 84.7 Å². The Bertz CT molecular complexity index is 4430. The molecule has 6 aromatic rings. The van der Waals surface area contributed by atoms with E-state index in [0.717, 1.165) is 27.7 Å². The number of hydrogen-bond donors (Lipinski definition) is 5. The molecule has 5 amide bonds. The van der Waals surface area contributed by atoms with Crippen LogP contribution < -0.4 is 45.5 Å². The molecule has 598 valence electrons. The number of Topliss-reactive ketones (excluding diaryl/α,β-unsaturated/α-hetero) is 2. The molecule has 112 heavy (non-hydrogen) atoms. The SMILES string of the molecule is C=CC1C[C@]1(NC(=O)[C@@H]1CC(Oc2cc(-c3ccccc3)nc3cc(OC)ccc23)CN1)C(=O)OC.C=CCCC(=O)CC[C@H](NC(=O)OC(C)(C)C)C(=O)N1CC(Oc2cc(-c3ccccc3)nc3cc(OC)ccc23)C[C@H]1C(=O)N[C@]1(C(=O)OC)CC1C=C.C=CCCC(=O)CC[C@H](NC(=O)OC(C)(C)C)C(=O)OC. The molecule has 10 atom stereocenters. The lowest BCUT2D eigenvalue weighted by atomic mass is 10.0. The molecule has 0 bridgehead atoms. The number of likely N-dealkylation sites (tertiary alicyclic amines) is 1. The molecule has 5 N–H and O–H groups in total. The Morgan fingerprint density at radius 3 is 1.42 bits per heavy atom. The van der Waals surface area contributed by atoms with Crippen LogP contribution in [0.25, 0.3) is 44.3 Å². The van der Waals surface area contributed by atoms with E-state index in [1.54, 1.807) is 92.2 Å². The van der Waals surface area contributed by atoms with Crippen LogP contribution in [0.15, 0.2) is 160 Å². The zero-order valence-corrected chi connectivity index (χ0v) is 65.6. The number of ketones is 2. The largest absolute Gasteiger partial charge is 0.497 e. The monoisotopic (exact) mass is 1540 g/mol. The number of esters is 3. The maximum Gasteiger partial charge on any atom is 0.408 e. The van der Waals surface area contributed by atoms with Crippen LogP contribution in [0.5, 0.6) is 23.0 Å². The molecule has 4 unspecified atom stereocenters. The quantitative estimate of drug-likeness (QED) is 0.0149. The number of fused-ring (bicyclic) bond motifs is 2. The molecule has 4 heterocycles. The third-order valence-corrected chi connectivity index (χ3v) is 19.2. The Morgan fingerprint density at radius 1 is 0.554 bits per heavy atom. The summed E-state index contributed by atoms with van der Waals surface area (Å²) in [5, 5.41) is 15.6. The molecule has 4 aromatic carbocycles. The summed E-state index contributed by atoms with van der Waals surface area (Å²) in [5.41, 5.74) is 0.768. The summed E-state index contributed by atoms with van der Waals surface area (Å²) >= 11 is 0. The number of alkyl carbamates (subject to hydrolysis) is 2. The van der Waals surface area contributed by atoms with Gasteiger partial charge in [-0.05, 0) is 104 Å². The first kappa shape index (κ1) is 86.1. The number of methoxy groups -OCH3 is 5. The van der Waals surface area contributed by atoms with Gasteiger partial charge in [-0.25, -0.2) is 33.9 Å². The summed E-state index contributed by atoms with van der Waals surface area (Å²) in [5.74, 6) is -1.22. The fraction of sp³-hybridized carbons (Fsp3) is 0.435. The predicted octanol–water partition coefficient (Wildman–Crippen LogP) is 11.3. The highest BCUT2D eigenvalue weighted by molar-refractivity contribution is 5.98. The van der Waals surface area contributed by atoms with Crippen LogP contribution in [-0.2, 0) is 62.0 Å². The van der Waals surface area contributed by atoms with E-state index in [4.69, 9.17) is 47.9 Å². The fourth-order valence-corrected chi connectivity index (χ4v) is 13.2. The van der Waals surface area contributed by atoms with Gasteiger partial charge < -0.3 is 74.1 Å². The summed E-state index contributed by atoms with van der Waals surface area (Å²) in [6.07, 6.45) is 7.36. The lowest BCUT2D eigenvalue weighted by Crippen LogP contribution is -2.56. The summed E-state index contributed by atoms with van der Waals surface area (Å²) < 4.78 is 49.1. The molecule has 2 aliphatic heterocycles. The third-order valence-electron chi connectivity index (χ3n) is 19.2. The molecule has 4 aliphatic rings. The van der Waals surface area contributed by atoms with Gasteiger partial charge in [0.25, 0.3) is 0 Å². The number of benzene rings is 4. The van der Waals surface area contributed by atoms with Crippen LogP contribution in [0.3, 0.4) is 0 Å². The van der Waals surface area contributed by atoms with E-state index in [9.17, 15) is 47.9 Å². The molecule has 2 saturated heterocycles. The minimum absolute atomic E-state index is 0.00806. The zero-order chi connectivity index (χ0) is 81.7. The van der Waals surface area contributed by atoms with Crippen molar-refractivity contribution in [1.82, 2.24) is 41.5 Å². The standard InChI is InChI=1S/C42H50N4O9.C28H29N3O5.C15H25NO5/c1-8-10-16-28(47)17-20-32(44-40(51)55-41(3,4)5)38(49)46-25-30(22-35(46)37(48)45-42(39(50)53-7)24-27(42)9-2)54-36-23-33(26-14-12-11-13-15-26)43-34-21-29(52-6)18-19-31(34)36;1-4-18-15-28(18,27(33)35-3)31-26(32)24-13-20(16-29-24)36-25-14-22(17-8-6-5-7-9-17)30-23-12-19(34-2)10-11-21(23)25;1-6-7-8-11(17)9-10-12(13(18)20-5)16-14(19)21-15(2,3)4/h8-9,11-15,18-19,21,23,27,30,32,35H,1-2,10,16-17,20,22,24-25H2,3-7H3,(H,44,51)(H,45,48);4-12,14,18,20,24,29H,1,13,15-16H2,2-3H3,(H,31,32);6,12H,1,7-10H2,2-5H3,(H,16,19)/t27?,30?,32-,35-,42+;18?,20?,24-,28+;12-/m000/s1. The second-order valence-electron chi connectivity index (χ2n) is 29.7. The maximum atomic E-state index is 14.6. The van der Waals surface area contributed by atoms with Gasteiger partial charge >= 0.3 is 30.1 Å². The lowest BCUT2D eigenvalue weighted by molar-refractivity contribution is -0.148. The van der Waals surface area contributed by atoms with Gasteiger partial charge in [0.2, 0.25) is 17.7 Å². The molecule has 0 radical (unpaired) electrons. The minimum atomic E-state index is -1.32. The number of nitrogens with one attached hydrogen (secondary N) is 5. The Hall–Kier alpha value is -11.5. The van der Waals surface area contributed by atoms with Crippen molar-refractivity contribution in [3.05, 3.63) is 160 Å². The lowest BCUT2D eigenvalue weighted by Gasteiger charge is -2.30. The van der Waals surface area contributed by atoms with Crippen LogP contribution >= 0.6 is 0 Å². The smallest absolute Gasteiger partial charge is 0.408 e. The van der Waals surface area contributed by atoms with E-state index in [-0.39, 0.29) is 80.5 Å². The van der Waals surface area contributed by atoms with E-state index < -0.39 is 94.5 Å². The number of hydrogen-bond acceptors (Lipinski definition) is 22. The van der Waals surface area contributed by atoms with Crippen LogP contribution in [0.1, 0.15) is 119 Å². The normalized spacial score (nSPS) is 20.4. The first-order chi connectivity index (χ1) is 53.4. The minimum Gasteiger partial charge on any atom is -0.497 e. The van der Waals surface area contributed by atoms with Gasteiger partial charge in [-0.3, -0.25) is 24.0 Å². The predicted molar refractivity (Wildman–Crippen MR) is 421 cm³/mol. The highest BCUT2D eigenvalue weighted by Gasteiger charge is 2.63. The maximum absolute atomic E-state index is 14.6. The number of ether oxygens (including phenoxy) is 9. The van der Waals surface area contributed by atoms with Crippen molar-refractivity contribution in [1.29, 1.82) is 0 Å². The van der Waals surface area contributed by atoms with Gasteiger partial charge in [-0.2, -0.15) is 0 Å². The van der Waals surface area contributed by atoms with Crippen LogP contribution in [0.2, 0.25) is 0 Å². The van der Waals surface area contributed by atoms with Crippen molar-refractivity contribution < 1.29 is 90.6 Å². The molecule has 2 saturated carbocycles. The molecular formula is C85H104N8O19.